The highest BCUT2D eigenvalue weighted by molar-refractivity contribution is 6.03. The Morgan fingerprint density at radius 3 is 2.68 bits per heavy atom. The summed E-state index contributed by atoms with van der Waals surface area (Å²) in [6.45, 7) is 1.16. The highest BCUT2D eigenvalue weighted by Gasteiger charge is 2.15. The van der Waals surface area contributed by atoms with Crippen LogP contribution in [0.2, 0.25) is 0 Å². The Labute approximate surface area is 162 Å². The van der Waals surface area contributed by atoms with Crippen molar-refractivity contribution in [2.24, 2.45) is 0 Å². The van der Waals surface area contributed by atoms with Crippen molar-refractivity contribution >= 4 is 28.3 Å². The van der Waals surface area contributed by atoms with Gasteiger partial charge in [-0.05, 0) is 30.3 Å². The highest BCUT2D eigenvalue weighted by Crippen LogP contribution is 2.31. The number of para-hydroxylation sites is 1. The summed E-state index contributed by atoms with van der Waals surface area (Å²) in [5.74, 6) is 0.896. The first-order chi connectivity index (χ1) is 13.7. The number of anilines is 1. The maximum atomic E-state index is 12.5. The third-order valence-corrected chi connectivity index (χ3v) is 4.56. The van der Waals surface area contributed by atoms with E-state index in [-0.39, 0.29) is 24.5 Å². The van der Waals surface area contributed by atoms with Crippen molar-refractivity contribution in [1.29, 1.82) is 0 Å². The van der Waals surface area contributed by atoms with Crippen LogP contribution in [0.25, 0.3) is 10.9 Å². The predicted molar refractivity (Wildman–Crippen MR) is 106 cm³/mol. The number of hydrogen-bond donors (Lipinski definition) is 1. The van der Waals surface area contributed by atoms with Gasteiger partial charge in [-0.25, -0.2) is 0 Å². The third-order valence-electron chi connectivity index (χ3n) is 4.56. The summed E-state index contributed by atoms with van der Waals surface area (Å²) >= 11 is 0. The standard InChI is InChI=1S/C22H20N2O4/c25-18(16-7-9-19-20(14-16)28-13-3-12-27-19)8-10-21(26)24-17-6-1-4-15-5-2-11-23-22(15)17/h1-2,4-7,9,11,14H,3,8,10,12-13H2,(H,24,26). The Morgan fingerprint density at radius 2 is 1.79 bits per heavy atom. The van der Waals surface area contributed by atoms with E-state index in [0.717, 1.165) is 17.3 Å². The zero-order valence-electron chi connectivity index (χ0n) is 15.3. The Hall–Kier alpha value is -3.41. The molecule has 0 bridgehead atoms. The molecule has 2 aromatic carbocycles. The second-order valence-electron chi connectivity index (χ2n) is 6.56. The summed E-state index contributed by atoms with van der Waals surface area (Å²) in [5.41, 5.74) is 1.89. The predicted octanol–water partition coefficient (Wildman–Crippen LogP) is 4.00. The first kappa shape index (κ1) is 18.0. The maximum absolute atomic E-state index is 12.5. The number of ether oxygens (including phenoxy) is 2. The summed E-state index contributed by atoms with van der Waals surface area (Å²) < 4.78 is 11.2. The topological polar surface area (TPSA) is 77.5 Å². The van der Waals surface area contributed by atoms with E-state index in [1.54, 1.807) is 30.5 Å². The molecule has 142 valence electrons. The molecule has 1 aromatic heterocycles. The lowest BCUT2D eigenvalue weighted by atomic mass is 10.1. The number of pyridine rings is 1. The summed E-state index contributed by atoms with van der Waals surface area (Å²) in [5, 5.41) is 3.80. The van der Waals surface area contributed by atoms with Gasteiger partial charge >= 0.3 is 0 Å². The fourth-order valence-corrected chi connectivity index (χ4v) is 3.13. The second-order valence-corrected chi connectivity index (χ2v) is 6.56. The van der Waals surface area contributed by atoms with Gasteiger partial charge in [-0.3, -0.25) is 14.6 Å². The fraction of sp³-hybridized carbons (Fsp3) is 0.227. The van der Waals surface area contributed by atoms with Gasteiger partial charge in [-0.1, -0.05) is 18.2 Å². The molecular weight excluding hydrogens is 356 g/mol. The monoisotopic (exact) mass is 376 g/mol. The number of carbonyl (C=O) groups is 2. The average Bonchev–Trinajstić information content (AvgIpc) is 2.97. The molecular formula is C22H20N2O4. The molecule has 0 spiro atoms. The van der Waals surface area contributed by atoms with Gasteiger partial charge in [-0.15, -0.1) is 0 Å². The minimum Gasteiger partial charge on any atom is -0.490 e. The molecule has 28 heavy (non-hydrogen) atoms. The van der Waals surface area contributed by atoms with Crippen LogP contribution in [0.4, 0.5) is 5.69 Å². The number of Topliss-reactive ketones (excluding diaryl/α,β-unsaturated/α-hetero) is 1. The van der Waals surface area contributed by atoms with Gasteiger partial charge in [0.1, 0.15) is 0 Å². The van der Waals surface area contributed by atoms with Crippen LogP contribution in [-0.4, -0.2) is 29.9 Å². The van der Waals surface area contributed by atoms with E-state index in [2.05, 4.69) is 10.3 Å². The van der Waals surface area contributed by atoms with Crippen LogP contribution >= 0.6 is 0 Å². The van der Waals surface area contributed by atoms with Gasteiger partial charge in [-0.2, -0.15) is 0 Å². The van der Waals surface area contributed by atoms with E-state index in [1.165, 1.54) is 0 Å². The van der Waals surface area contributed by atoms with Gasteiger partial charge in [0.15, 0.2) is 17.3 Å². The van der Waals surface area contributed by atoms with E-state index >= 15 is 0 Å². The molecule has 0 saturated carbocycles. The zero-order valence-corrected chi connectivity index (χ0v) is 15.3. The summed E-state index contributed by atoms with van der Waals surface area (Å²) in [7, 11) is 0. The number of hydrogen-bond acceptors (Lipinski definition) is 5. The molecule has 0 fully saturated rings. The summed E-state index contributed by atoms with van der Waals surface area (Å²) in [4.78, 5) is 29.1. The van der Waals surface area contributed by atoms with Crippen LogP contribution < -0.4 is 14.8 Å². The Kier molecular flexibility index (Phi) is 5.19. The number of benzene rings is 2. The molecule has 0 aliphatic carbocycles. The molecule has 1 N–H and O–H groups in total. The van der Waals surface area contributed by atoms with Crippen molar-refractivity contribution < 1.29 is 19.1 Å². The van der Waals surface area contributed by atoms with Crippen LogP contribution in [0.1, 0.15) is 29.6 Å². The summed E-state index contributed by atoms with van der Waals surface area (Å²) in [6, 6.07) is 14.5. The highest BCUT2D eigenvalue weighted by atomic mass is 16.5. The minimum atomic E-state index is -0.221. The molecule has 1 aliphatic heterocycles. The number of carbonyl (C=O) groups excluding carboxylic acids is 2. The van der Waals surface area contributed by atoms with Gasteiger partial charge in [0.25, 0.3) is 0 Å². The third kappa shape index (κ3) is 3.96. The summed E-state index contributed by atoms with van der Waals surface area (Å²) in [6.07, 6.45) is 2.70. The van der Waals surface area contributed by atoms with Crippen molar-refractivity contribution in [1.82, 2.24) is 4.98 Å². The van der Waals surface area contributed by atoms with Gasteiger partial charge < -0.3 is 14.8 Å². The Balaban J connectivity index is 1.39. The molecule has 0 unspecified atom stereocenters. The smallest absolute Gasteiger partial charge is 0.224 e. The van der Waals surface area contributed by atoms with Crippen LogP contribution in [0.15, 0.2) is 54.7 Å². The number of aromatic nitrogens is 1. The number of ketones is 1. The largest absolute Gasteiger partial charge is 0.490 e. The van der Waals surface area contributed by atoms with Gasteiger partial charge in [0.2, 0.25) is 5.91 Å². The van der Waals surface area contributed by atoms with Crippen molar-refractivity contribution in [2.45, 2.75) is 19.3 Å². The molecule has 1 amide bonds. The molecule has 4 rings (SSSR count). The van der Waals surface area contributed by atoms with E-state index in [9.17, 15) is 9.59 Å². The molecule has 0 atom stereocenters. The SMILES string of the molecule is O=C(CCC(=O)c1ccc2c(c1)OCCCO2)Nc1cccc2cccnc12. The van der Waals surface area contributed by atoms with Crippen LogP contribution in [0.5, 0.6) is 11.5 Å². The quantitative estimate of drug-likeness (QED) is 0.681. The molecule has 6 nitrogen and oxygen atoms in total. The number of nitrogens with one attached hydrogen (secondary N) is 1. The lowest BCUT2D eigenvalue weighted by molar-refractivity contribution is -0.116. The van der Waals surface area contributed by atoms with Crippen LogP contribution in [-0.2, 0) is 4.79 Å². The van der Waals surface area contributed by atoms with E-state index in [4.69, 9.17) is 9.47 Å². The second kappa shape index (κ2) is 8.08. The maximum Gasteiger partial charge on any atom is 0.224 e. The van der Waals surface area contributed by atoms with Crippen molar-refractivity contribution in [3.8, 4) is 11.5 Å². The molecule has 0 saturated heterocycles. The first-order valence-corrected chi connectivity index (χ1v) is 9.27. The van der Waals surface area contributed by atoms with E-state index < -0.39 is 0 Å². The minimum absolute atomic E-state index is 0.0937. The number of rotatable bonds is 5. The van der Waals surface area contributed by atoms with Crippen LogP contribution in [0.3, 0.4) is 0 Å². The van der Waals surface area contributed by atoms with Crippen molar-refractivity contribution in [3.63, 3.8) is 0 Å². The van der Waals surface area contributed by atoms with Gasteiger partial charge in [0, 0.05) is 36.4 Å². The lowest BCUT2D eigenvalue weighted by Crippen LogP contribution is -2.14. The Bertz CT molecular complexity index is 1030. The van der Waals surface area contributed by atoms with Gasteiger partial charge in [0.05, 0.1) is 24.4 Å². The fourth-order valence-electron chi connectivity index (χ4n) is 3.13. The lowest BCUT2D eigenvalue weighted by Gasteiger charge is -2.09. The van der Waals surface area contributed by atoms with Crippen molar-refractivity contribution in [2.75, 3.05) is 18.5 Å². The van der Waals surface area contributed by atoms with Crippen molar-refractivity contribution in [3.05, 3.63) is 60.3 Å². The normalized spacial score (nSPS) is 13.0. The number of amides is 1. The molecule has 1 aliphatic rings. The number of nitrogens with zero attached hydrogens (tertiary/aromatic N) is 1. The number of fused-ring (bicyclic) bond motifs is 2. The van der Waals surface area contributed by atoms with E-state index in [0.29, 0.717) is 36.0 Å². The molecule has 0 radical (unpaired) electrons. The Morgan fingerprint density at radius 1 is 0.964 bits per heavy atom. The molecule has 6 heteroatoms. The molecule has 2 heterocycles. The first-order valence-electron chi connectivity index (χ1n) is 9.27. The molecule has 3 aromatic rings. The van der Waals surface area contributed by atoms with Crippen LogP contribution in [0, 0.1) is 0 Å². The average molecular weight is 376 g/mol. The zero-order chi connectivity index (χ0) is 19.3. The van der Waals surface area contributed by atoms with E-state index in [1.807, 2.05) is 24.3 Å².